The number of hydrogen-bond acceptors (Lipinski definition) is 10. The molecule has 0 saturated carbocycles. The second-order valence-corrected chi connectivity index (χ2v) is 11.9. The lowest BCUT2D eigenvalue weighted by molar-refractivity contribution is -0.140. The average molecular weight is 592 g/mol. The number of hydrogen-bond donors (Lipinski definition) is 1. The predicted octanol–water partition coefficient (Wildman–Crippen LogP) is 2.94. The van der Waals surface area contributed by atoms with E-state index in [1.165, 1.54) is 15.9 Å². The predicted molar refractivity (Wildman–Crippen MR) is 155 cm³/mol. The van der Waals surface area contributed by atoms with Gasteiger partial charge in [0.15, 0.2) is 0 Å². The second-order valence-electron chi connectivity index (χ2n) is 8.24. The number of allylic oxidation sites excluding steroid dienone is 1. The number of thioether (sulfide) groups is 2. The molecule has 0 aliphatic carbocycles. The summed E-state index contributed by atoms with van der Waals surface area (Å²) < 4.78 is 8.02. The molecule has 2 aliphatic heterocycles. The molecule has 0 atom stereocenters. The molecule has 0 bridgehead atoms. The number of carbonyl (C=O) groups excluding carboxylic acids is 2. The lowest BCUT2D eigenvalue weighted by Gasteiger charge is -2.18. The molecule has 1 aromatic heterocycles. The van der Waals surface area contributed by atoms with Gasteiger partial charge in [0.2, 0.25) is 0 Å². The summed E-state index contributed by atoms with van der Waals surface area (Å²) in [5.41, 5.74) is 1.44. The highest BCUT2D eigenvalue weighted by Crippen LogP contribution is 2.47. The maximum Gasteiger partial charge on any atom is 0.323 e. The SMILES string of the molecule is CCC(=O)Oc1ccc2c(c1)N(CC)/C(=C/C(C)=c1/s/c(=C3\SC(=S)N(CC(=O)O)C3=O)n(CC)c1=O)S2. The van der Waals surface area contributed by atoms with Crippen LogP contribution in [0.3, 0.4) is 0 Å². The van der Waals surface area contributed by atoms with E-state index in [1.807, 2.05) is 39.0 Å². The first kappa shape index (κ1) is 28.1. The Morgan fingerprint density at radius 2 is 1.84 bits per heavy atom. The zero-order valence-corrected chi connectivity index (χ0v) is 24.4. The van der Waals surface area contributed by atoms with Crippen LogP contribution in [0.1, 0.15) is 34.1 Å². The largest absolute Gasteiger partial charge is 0.480 e. The van der Waals surface area contributed by atoms with Gasteiger partial charge in [0, 0.05) is 30.5 Å². The summed E-state index contributed by atoms with van der Waals surface area (Å²) in [5, 5.41) is 10.1. The van der Waals surface area contributed by atoms with Crippen LogP contribution in [0.5, 0.6) is 5.75 Å². The molecule has 0 unspecified atom stereocenters. The van der Waals surface area contributed by atoms with Gasteiger partial charge in [-0.1, -0.05) is 42.7 Å². The molecule has 2 aliphatic rings. The standard InChI is InChI=1S/C25H25N3O6S4/c1-5-19(31)34-14-8-9-16-15(11-14)26(6-2)17(36-16)10-13(4)20-22(32)27(7-3)24(37-20)21-23(33)28(12-18(29)30)25(35)38-21/h8-11H,5-7,12H2,1-4H3,(H,29,30)/b17-10-,20-13+,24-21-. The van der Waals surface area contributed by atoms with Crippen molar-refractivity contribution in [1.29, 1.82) is 0 Å². The van der Waals surface area contributed by atoms with Gasteiger partial charge < -0.3 is 14.7 Å². The van der Waals surface area contributed by atoms with Crippen molar-refractivity contribution in [2.75, 3.05) is 18.0 Å². The number of aromatic nitrogens is 1. The number of thiazole rings is 1. The number of aliphatic carboxylic acids is 1. The van der Waals surface area contributed by atoms with Crippen molar-refractivity contribution in [2.45, 2.75) is 45.6 Å². The van der Waals surface area contributed by atoms with E-state index in [-0.39, 0.29) is 27.2 Å². The van der Waals surface area contributed by atoms with Crippen molar-refractivity contribution in [2.24, 2.45) is 0 Å². The Bertz CT molecular complexity index is 1570. The summed E-state index contributed by atoms with van der Waals surface area (Å²) in [6.07, 6.45) is 2.23. The van der Waals surface area contributed by atoms with Crippen molar-refractivity contribution in [1.82, 2.24) is 9.47 Å². The van der Waals surface area contributed by atoms with Crippen LogP contribution in [0, 0.1) is 0 Å². The minimum atomic E-state index is -1.16. The van der Waals surface area contributed by atoms with E-state index in [2.05, 4.69) is 4.90 Å². The molecule has 1 saturated heterocycles. The van der Waals surface area contributed by atoms with Crippen molar-refractivity contribution in [3.05, 3.63) is 48.9 Å². The Labute approximate surface area is 236 Å². The summed E-state index contributed by atoms with van der Waals surface area (Å²) >= 11 is 9.00. The first-order chi connectivity index (χ1) is 18.1. The van der Waals surface area contributed by atoms with Crippen LogP contribution in [0.4, 0.5) is 5.69 Å². The Hall–Kier alpha value is -2.87. The first-order valence-electron chi connectivity index (χ1n) is 11.8. The number of esters is 1. The number of amides is 1. The molecule has 1 amide bonds. The molecule has 3 heterocycles. The molecule has 38 heavy (non-hydrogen) atoms. The van der Waals surface area contributed by atoms with Gasteiger partial charge in [-0.15, -0.1) is 11.3 Å². The number of benzene rings is 1. The number of fused-ring (bicyclic) bond motifs is 1. The Morgan fingerprint density at radius 1 is 1.11 bits per heavy atom. The third kappa shape index (κ3) is 5.33. The Kier molecular flexibility index (Phi) is 8.50. The van der Waals surface area contributed by atoms with E-state index in [0.29, 0.717) is 28.0 Å². The molecule has 13 heteroatoms. The zero-order chi connectivity index (χ0) is 27.7. The molecule has 9 nitrogen and oxygen atoms in total. The highest BCUT2D eigenvalue weighted by molar-refractivity contribution is 8.30. The molecule has 200 valence electrons. The highest BCUT2D eigenvalue weighted by atomic mass is 32.2. The van der Waals surface area contributed by atoms with E-state index < -0.39 is 18.4 Å². The monoisotopic (exact) mass is 591 g/mol. The van der Waals surface area contributed by atoms with Crippen LogP contribution in [0.25, 0.3) is 10.5 Å². The highest BCUT2D eigenvalue weighted by Gasteiger charge is 2.35. The van der Waals surface area contributed by atoms with Gasteiger partial charge >= 0.3 is 11.9 Å². The maximum absolute atomic E-state index is 13.4. The van der Waals surface area contributed by atoms with Crippen LogP contribution in [-0.4, -0.2) is 49.8 Å². The van der Waals surface area contributed by atoms with Crippen LogP contribution in [-0.2, 0) is 20.9 Å². The summed E-state index contributed by atoms with van der Waals surface area (Å²) in [4.78, 5) is 53.6. The number of carboxylic acids is 1. The number of thiocarbonyl (C=S) groups is 1. The van der Waals surface area contributed by atoms with Crippen molar-refractivity contribution in [3.8, 4) is 5.75 Å². The van der Waals surface area contributed by atoms with E-state index in [0.717, 1.165) is 37.8 Å². The minimum absolute atomic E-state index is 0.156. The molecule has 4 rings (SSSR count). The molecular formula is C25H25N3O6S4. The number of anilines is 1. The van der Waals surface area contributed by atoms with Gasteiger partial charge in [0.1, 0.15) is 26.2 Å². The van der Waals surface area contributed by atoms with Crippen LogP contribution in [0.15, 0.2) is 39.0 Å². The van der Waals surface area contributed by atoms with Gasteiger partial charge in [-0.25, -0.2) is 0 Å². The molecule has 0 spiro atoms. The number of ether oxygens (including phenoxy) is 1. The summed E-state index contributed by atoms with van der Waals surface area (Å²) in [6, 6.07) is 5.52. The smallest absolute Gasteiger partial charge is 0.323 e. The number of carboxylic acid groups (broad SMARTS) is 1. The third-order valence-corrected chi connectivity index (χ3v) is 9.77. The van der Waals surface area contributed by atoms with E-state index in [1.54, 1.807) is 24.8 Å². The van der Waals surface area contributed by atoms with Crippen LogP contribution in [0.2, 0.25) is 0 Å². The molecule has 1 aromatic carbocycles. The lowest BCUT2D eigenvalue weighted by Crippen LogP contribution is -2.35. The maximum atomic E-state index is 13.4. The summed E-state index contributed by atoms with van der Waals surface area (Å²) in [7, 11) is 0. The fourth-order valence-corrected chi connectivity index (χ4v) is 7.74. The number of rotatable bonds is 7. The fraction of sp³-hybridized carbons (Fsp3) is 0.320. The van der Waals surface area contributed by atoms with Gasteiger partial charge in [-0.2, -0.15) is 0 Å². The minimum Gasteiger partial charge on any atom is -0.480 e. The molecule has 0 radical (unpaired) electrons. The second kappa shape index (κ2) is 11.5. The van der Waals surface area contributed by atoms with Crippen molar-refractivity contribution < 1.29 is 24.2 Å². The molecule has 2 aromatic rings. The van der Waals surface area contributed by atoms with Crippen LogP contribution < -0.4 is 24.4 Å². The lowest BCUT2D eigenvalue weighted by atomic mass is 10.2. The van der Waals surface area contributed by atoms with Gasteiger partial charge in [-0.3, -0.25) is 28.6 Å². The molecular weight excluding hydrogens is 567 g/mol. The van der Waals surface area contributed by atoms with E-state index in [4.69, 9.17) is 22.1 Å². The fourth-order valence-electron chi connectivity index (χ4n) is 3.95. The van der Waals surface area contributed by atoms with Crippen molar-refractivity contribution in [3.63, 3.8) is 0 Å². The van der Waals surface area contributed by atoms with Gasteiger partial charge in [0.05, 0.1) is 15.2 Å². The molecule has 1 fully saturated rings. The van der Waals surface area contributed by atoms with E-state index >= 15 is 0 Å². The first-order valence-corrected chi connectivity index (χ1v) is 14.7. The topological polar surface area (TPSA) is 109 Å². The normalized spacial score (nSPS) is 18.4. The van der Waals surface area contributed by atoms with E-state index in [9.17, 15) is 19.2 Å². The Morgan fingerprint density at radius 3 is 2.47 bits per heavy atom. The Balaban J connectivity index is 1.78. The zero-order valence-electron chi connectivity index (χ0n) is 21.1. The quantitative estimate of drug-likeness (QED) is 0.293. The third-order valence-electron chi connectivity index (χ3n) is 5.77. The van der Waals surface area contributed by atoms with Crippen molar-refractivity contribution >= 4 is 85.4 Å². The molecule has 1 N–H and O–H groups in total. The summed E-state index contributed by atoms with van der Waals surface area (Å²) in [6.45, 7) is 7.92. The van der Waals surface area contributed by atoms with Gasteiger partial charge in [0.25, 0.3) is 11.5 Å². The average Bonchev–Trinajstić information content (AvgIpc) is 3.49. The van der Waals surface area contributed by atoms with Gasteiger partial charge in [-0.05, 0) is 44.6 Å². The number of carbonyl (C=O) groups is 3. The summed E-state index contributed by atoms with van der Waals surface area (Å²) in [5.74, 6) is -1.49. The van der Waals surface area contributed by atoms with Crippen LogP contribution >= 0.6 is 47.1 Å². The number of nitrogens with zero attached hydrogens (tertiary/aromatic N) is 3.